The number of nitro groups is 1. The Hall–Kier alpha value is -1.42. The van der Waals surface area contributed by atoms with Crippen LogP contribution >= 0.6 is 0 Å². The van der Waals surface area contributed by atoms with Crippen molar-refractivity contribution in [3.8, 4) is 0 Å². The zero-order valence-electron chi connectivity index (χ0n) is 9.71. The lowest BCUT2D eigenvalue weighted by molar-refractivity contribution is -0.385. The summed E-state index contributed by atoms with van der Waals surface area (Å²) in [6.07, 6.45) is 4.29. The van der Waals surface area contributed by atoms with Gasteiger partial charge in [-0.3, -0.25) is 10.1 Å². The third-order valence-electron chi connectivity index (χ3n) is 3.51. The first-order chi connectivity index (χ1) is 8.20. The monoisotopic (exact) mass is 235 g/mol. The molecule has 1 aromatic carbocycles. The van der Waals surface area contributed by atoms with E-state index < -0.39 is 6.10 Å². The van der Waals surface area contributed by atoms with Crippen LogP contribution in [-0.2, 0) is 0 Å². The summed E-state index contributed by atoms with van der Waals surface area (Å²) in [6.45, 7) is 0. The van der Waals surface area contributed by atoms with Crippen LogP contribution in [0.25, 0.3) is 0 Å². The highest BCUT2D eigenvalue weighted by Crippen LogP contribution is 2.36. The molecule has 0 heterocycles. The maximum Gasteiger partial charge on any atom is 0.272 e. The average molecular weight is 235 g/mol. The quantitative estimate of drug-likeness (QED) is 0.487. The van der Waals surface area contributed by atoms with Crippen LogP contribution in [0.2, 0.25) is 0 Å². The Bertz CT molecular complexity index is 405. The molecule has 4 heteroatoms. The van der Waals surface area contributed by atoms with Crippen LogP contribution in [0.4, 0.5) is 5.69 Å². The van der Waals surface area contributed by atoms with Crippen LogP contribution in [0, 0.1) is 10.1 Å². The standard InChI is InChI=1S/C13H17NO3/c15-13-9-3-1-2-7-11(13)10-6-4-5-8-12(10)14(16)17/h4-6,8,11,13,15H,1-3,7,9H2. The first-order valence-electron chi connectivity index (χ1n) is 6.11. The Balaban J connectivity index is 2.34. The van der Waals surface area contributed by atoms with Crippen molar-refractivity contribution in [1.82, 2.24) is 0 Å². The fourth-order valence-electron chi connectivity index (χ4n) is 2.62. The molecular formula is C13H17NO3. The van der Waals surface area contributed by atoms with Gasteiger partial charge >= 0.3 is 0 Å². The molecule has 92 valence electrons. The van der Waals surface area contributed by atoms with Gasteiger partial charge in [-0.05, 0) is 12.8 Å². The summed E-state index contributed by atoms with van der Waals surface area (Å²) in [5.74, 6) is -0.0842. The fourth-order valence-corrected chi connectivity index (χ4v) is 2.62. The molecular weight excluding hydrogens is 218 g/mol. The number of hydrogen-bond acceptors (Lipinski definition) is 3. The van der Waals surface area contributed by atoms with Crippen molar-refractivity contribution in [3.63, 3.8) is 0 Å². The molecule has 0 radical (unpaired) electrons. The summed E-state index contributed by atoms with van der Waals surface area (Å²) in [6, 6.07) is 6.77. The highest BCUT2D eigenvalue weighted by atomic mass is 16.6. The van der Waals surface area contributed by atoms with Gasteiger partial charge in [0, 0.05) is 17.5 Å². The molecule has 1 saturated carbocycles. The van der Waals surface area contributed by atoms with Gasteiger partial charge in [0.1, 0.15) is 0 Å². The van der Waals surface area contributed by atoms with E-state index in [4.69, 9.17) is 0 Å². The molecule has 17 heavy (non-hydrogen) atoms. The third-order valence-corrected chi connectivity index (χ3v) is 3.51. The van der Waals surface area contributed by atoms with Crippen LogP contribution in [-0.4, -0.2) is 16.1 Å². The summed E-state index contributed by atoms with van der Waals surface area (Å²) in [5.41, 5.74) is 0.824. The van der Waals surface area contributed by atoms with E-state index in [0.29, 0.717) is 5.56 Å². The molecule has 2 rings (SSSR count). The van der Waals surface area contributed by atoms with Crippen molar-refractivity contribution in [2.75, 3.05) is 0 Å². The fraction of sp³-hybridized carbons (Fsp3) is 0.538. The van der Waals surface area contributed by atoms with E-state index in [1.165, 1.54) is 6.07 Å². The molecule has 0 bridgehead atoms. The second kappa shape index (κ2) is 5.27. The van der Waals surface area contributed by atoms with Gasteiger partial charge in [-0.25, -0.2) is 0 Å². The summed E-state index contributed by atoms with van der Waals surface area (Å²) >= 11 is 0. The molecule has 1 fully saturated rings. The van der Waals surface area contributed by atoms with Crippen molar-refractivity contribution in [1.29, 1.82) is 0 Å². The number of rotatable bonds is 2. The summed E-state index contributed by atoms with van der Waals surface area (Å²) < 4.78 is 0. The highest BCUT2D eigenvalue weighted by molar-refractivity contribution is 5.42. The topological polar surface area (TPSA) is 63.4 Å². The molecule has 0 amide bonds. The zero-order chi connectivity index (χ0) is 12.3. The second-order valence-electron chi connectivity index (χ2n) is 4.63. The van der Waals surface area contributed by atoms with Gasteiger partial charge in [0.2, 0.25) is 0 Å². The number of hydrogen-bond donors (Lipinski definition) is 1. The molecule has 1 aromatic rings. The van der Waals surface area contributed by atoms with Gasteiger partial charge in [0.05, 0.1) is 11.0 Å². The summed E-state index contributed by atoms with van der Waals surface area (Å²) in [7, 11) is 0. The number of aliphatic hydroxyl groups excluding tert-OH is 1. The Kier molecular flexibility index (Phi) is 3.74. The first-order valence-corrected chi connectivity index (χ1v) is 6.11. The molecule has 2 atom stereocenters. The third kappa shape index (κ3) is 2.64. The van der Waals surface area contributed by atoms with Crippen LogP contribution in [0.5, 0.6) is 0 Å². The van der Waals surface area contributed by atoms with Gasteiger partial charge in [-0.1, -0.05) is 37.5 Å². The lowest BCUT2D eigenvalue weighted by Crippen LogP contribution is -2.17. The van der Waals surface area contributed by atoms with Gasteiger partial charge in [-0.2, -0.15) is 0 Å². The summed E-state index contributed by atoms with van der Waals surface area (Å²) in [5, 5.41) is 21.1. The molecule has 0 aromatic heterocycles. The van der Waals surface area contributed by atoms with Crippen molar-refractivity contribution < 1.29 is 10.0 Å². The Morgan fingerprint density at radius 1 is 1.18 bits per heavy atom. The summed E-state index contributed by atoms with van der Waals surface area (Å²) in [4.78, 5) is 10.6. The molecule has 2 unspecified atom stereocenters. The number of nitrogens with zero attached hydrogens (tertiary/aromatic N) is 1. The maximum atomic E-state index is 11.0. The van der Waals surface area contributed by atoms with E-state index in [-0.39, 0.29) is 16.5 Å². The number of para-hydroxylation sites is 1. The molecule has 1 aliphatic carbocycles. The van der Waals surface area contributed by atoms with Crippen molar-refractivity contribution in [3.05, 3.63) is 39.9 Å². The largest absolute Gasteiger partial charge is 0.392 e. The molecule has 1 N–H and O–H groups in total. The van der Waals surface area contributed by atoms with E-state index in [1.54, 1.807) is 18.2 Å². The lowest BCUT2D eigenvalue weighted by Gasteiger charge is -2.20. The van der Waals surface area contributed by atoms with Crippen LogP contribution < -0.4 is 0 Å². The Morgan fingerprint density at radius 2 is 1.88 bits per heavy atom. The minimum Gasteiger partial charge on any atom is -0.392 e. The van der Waals surface area contributed by atoms with Crippen LogP contribution in [0.1, 0.15) is 43.6 Å². The van der Waals surface area contributed by atoms with Gasteiger partial charge in [0.15, 0.2) is 0 Å². The van der Waals surface area contributed by atoms with Crippen LogP contribution in [0.3, 0.4) is 0 Å². The van der Waals surface area contributed by atoms with Gasteiger partial charge in [-0.15, -0.1) is 0 Å². The van der Waals surface area contributed by atoms with E-state index in [2.05, 4.69) is 0 Å². The molecule has 4 nitrogen and oxygen atoms in total. The van der Waals surface area contributed by atoms with Gasteiger partial charge < -0.3 is 5.11 Å². The maximum absolute atomic E-state index is 11.0. The van der Waals surface area contributed by atoms with E-state index in [9.17, 15) is 15.2 Å². The molecule has 0 spiro atoms. The van der Waals surface area contributed by atoms with Crippen LogP contribution in [0.15, 0.2) is 24.3 Å². The predicted molar refractivity (Wildman–Crippen MR) is 64.9 cm³/mol. The average Bonchev–Trinajstić information content (AvgIpc) is 2.54. The van der Waals surface area contributed by atoms with E-state index >= 15 is 0 Å². The molecule has 1 aliphatic rings. The lowest BCUT2D eigenvalue weighted by atomic mass is 9.88. The SMILES string of the molecule is O=[N+]([O-])c1ccccc1C1CCCCCC1O. The first kappa shape index (κ1) is 12.0. The smallest absolute Gasteiger partial charge is 0.272 e. The Labute approximate surface area is 100 Å². The molecule has 0 aliphatic heterocycles. The zero-order valence-corrected chi connectivity index (χ0v) is 9.71. The predicted octanol–water partition coefficient (Wildman–Crippen LogP) is 3.00. The normalized spacial score (nSPS) is 25.2. The highest BCUT2D eigenvalue weighted by Gasteiger charge is 2.28. The minimum atomic E-state index is -0.446. The number of benzene rings is 1. The van der Waals surface area contributed by atoms with Gasteiger partial charge in [0.25, 0.3) is 5.69 Å². The number of nitro benzene ring substituents is 1. The van der Waals surface area contributed by atoms with Crippen molar-refractivity contribution >= 4 is 5.69 Å². The molecule has 0 saturated heterocycles. The minimum absolute atomic E-state index is 0.0842. The van der Waals surface area contributed by atoms with E-state index in [1.807, 2.05) is 0 Å². The van der Waals surface area contributed by atoms with Crippen molar-refractivity contribution in [2.45, 2.75) is 44.1 Å². The van der Waals surface area contributed by atoms with Crippen molar-refractivity contribution in [2.24, 2.45) is 0 Å². The Morgan fingerprint density at radius 3 is 2.65 bits per heavy atom. The second-order valence-corrected chi connectivity index (χ2v) is 4.63. The number of aliphatic hydroxyl groups is 1. The van der Waals surface area contributed by atoms with E-state index in [0.717, 1.165) is 32.1 Å².